The van der Waals surface area contributed by atoms with Crippen molar-refractivity contribution in [2.75, 3.05) is 12.4 Å². The summed E-state index contributed by atoms with van der Waals surface area (Å²) in [7, 11) is 1.71. The number of hydrogen-bond acceptors (Lipinski definition) is 3. The Morgan fingerprint density at radius 2 is 2.00 bits per heavy atom. The van der Waals surface area contributed by atoms with Gasteiger partial charge in [0.05, 0.1) is 25.0 Å². The molecular formula is C17H19N3O. The number of imidazole rings is 1. The van der Waals surface area contributed by atoms with E-state index in [0.29, 0.717) is 6.61 Å². The van der Waals surface area contributed by atoms with Gasteiger partial charge in [-0.3, -0.25) is 4.40 Å². The predicted octanol–water partition coefficient (Wildman–Crippen LogP) is 3.40. The fourth-order valence-corrected chi connectivity index (χ4v) is 2.56. The zero-order chi connectivity index (χ0) is 14.7. The van der Waals surface area contributed by atoms with Crippen molar-refractivity contribution in [3.8, 4) is 0 Å². The predicted molar refractivity (Wildman–Crippen MR) is 84.4 cm³/mol. The van der Waals surface area contributed by atoms with Crippen LogP contribution in [0.4, 0.5) is 5.69 Å². The Morgan fingerprint density at radius 3 is 2.86 bits per heavy atom. The molecule has 0 amide bonds. The lowest BCUT2D eigenvalue weighted by molar-refractivity contribution is 0.185. The summed E-state index contributed by atoms with van der Waals surface area (Å²) in [5, 5.41) is 3.48. The Morgan fingerprint density at radius 1 is 1.14 bits per heavy atom. The zero-order valence-electron chi connectivity index (χ0n) is 12.3. The van der Waals surface area contributed by atoms with E-state index < -0.39 is 0 Å². The van der Waals surface area contributed by atoms with Crippen molar-refractivity contribution >= 4 is 11.3 Å². The SMILES string of the molecule is COCc1ccccc1NCc1cnc2cccc(C)n12. The number of hydrogen-bond donors (Lipinski definition) is 1. The first-order valence-corrected chi connectivity index (χ1v) is 7.02. The average Bonchev–Trinajstić information content (AvgIpc) is 2.91. The molecule has 2 heterocycles. The van der Waals surface area contributed by atoms with Gasteiger partial charge in [-0.1, -0.05) is 24.3 Å². The third-order valence-corrected chi connectivity index (χ3v) is 3.57. The molecule has 0 saturated carbocycles. The molecular weight excluding hydrogens is 262 g/mol. The number of methoxy groups -OCH3 is 1. The second-order valence-corrected chi connectivity index (χ2v) is 5.05. The fourth-order valence-electron chi connectivity index (χ4n) is 2.56. The standard InChI is InChI=1S/C17H19N3O/c1-13-6-5-9-17-19-11-15(20(13)17)10-18-16-8-4-3-7-14(16)12-21-2/h3-9,11,18H,10,12H2,1-2H3. The summed E-state index contributed by atoms with van der Waals surface area (Å²) in [5.41, 5.74) is 5.58. The Bertz CT molecular complexity index is 749. The molecule has 4 heteroatoms. The van der Waals surface area contributed by atoms with E-state index in [-0.39, 0.29) is 0 Å². The van der Waals surface area contributed by atoms with Crippen molar-refractivity contribution < 1.29 is 4.74 Å². The third kappa shape index (κ3) is 2.76. The smallest absolute Gasteiger partial charge is 0.137 e. The number of pyridine rings is 1. The summed E-state index contributed by atoms with van der Waals surface area (Å²) in [4.78, 5) is 4.45. The summed E-state index contributed by atoms with van der Waals surface area (Å²) in [6.07, 6.45) is 1.92. The topological polar surface area (TPSA) is 38.6 Å². The first kappa shape index (κ1) is 13.6. The highest BCUT2D eigenvalue weighted by atomic mass is 16.5. The summed E-state index contributed by atoms with van der Waals surface area (Å²) >= 11 is 0. The first-order chi connectivity index (χ1) is 10.3. The molecule has 3 rings (SSSR count). The van der Waals surface area contributed by atoms with Gasteiger partial charge in [0.15, 0.2) is 0 Å². The van der Waals surface area contributed by atoms with Gasteiger partial charge in [0.1, 0.15) is 5.65 Å². The van der Waals surface area contributed by atoms with Gasteiger partial charge < -0.3 is 10.1 Å². The van der Waals surface area contributed by atoms with Crippen LogP contribution in [0.15, 0.2) is 48.7 Å². The molecule has 0 aliphatic carbocycles. The highest BCUT2D eigenvalue weighted by molar-refractivity contribution is 5.51. The molecule has 0 unspecified atom stereocenters. The number of aromatic nitrogens is 2. The van der Waals surface area contributed by atoms with Crippen LogP contribution in [0.1, 0.15) is 17.0 Å². The van der Waals surface area contributed by atoms with Crippen LogP contribution in [0.2, 0.25) is 0 Å². The number of benzene rings is 1. The molecule has 1 N–H and O–H groups in total. The minimum atomic E-state index is 0.607. The monoisotopic (exact) mass is 281 g/mol. The van der Waals surface area contributed by atoms with Gasteiger partial charge >= 0.3 is 0 Å². The van der Waals surface area contributed by atoms with Gasteiger partial charge in [-0.05, 0) is 25.1 Å². The van der Waals surface area contributed by atoms with E-state index in [2.05, 4.69) is 39.8 Å². The number of aryl methyl sites for hydroxylation is 1. The van der Waals surface area contributed by atoms with Crippen molar-refractivity contribution in [1.29, 1.82) is 0 Å². The molecule has 0 fully saturated rings. The van der Waals surface area contributed by atoms with E-state index in [4.69, 9.17) is 4.74 Å². The van der Waals surface area contributed by atoms with E-state index >= 15 is 0 Å². The summed E-state index contributed by atoms with van der Waals surface area (Å²) in [6, 6.07) is 14.4. The van der Waals surface area contributed by atoms with Gasteiger partial charge in [0, 0.05) is 24.1 Å². The number of fused-ring (bicyclic) bond motifs is 1. The molecule has 0 saturated heterocycles. The van der Waals surface area contributed by atoms with Crippen LogP contribution >= 0.6 is 0 Å². The van der Waals surface area contributed by atoms with Gasteiger partial charge in [-0.25, -0.2) is 4.98 Å². The normalized spacial score (nSPS) is 11.0. The third-order valence-electron chi connectivity index (χ3n) is 3.57. The van der Waals surface area contributed by atoms with E-state index in [1.54, 1.807) is 7.11 Å². The maximum absolute atomic E-state index is 5.24. The van der Waals surface area contributed by atoms with E-state index in [0.717, 1.165) is 29.1 Å². The maximum Gasteiger partial charge on any atom is 0.137 e. The van der Waals surface area contributed by atoms with Gasteiger partial charge in [-0.15, -0.1) is 0 Å². The van der Waals surface area contributed by atoms with Crippen molar-refractivity contribution in [3.05, 3.63) is 65.6 Å². The highest BCUT2D eigenvalue weighted by Crippen LogP contribution is 2.18. The Labute approximate surface area is 124 Å². The second-order valence-electron chi connectivity index (χ2n) is 5.05. The molecule has 21 heavy (non-hydrogen) atoms. The van der Waals surface area contributed by atoms with Gasteiger partial charge in [-0.2, -0.15) is 0 Å². The lowest BCUT2D eigenvalue weighted by atomic mass is 10.2. The lowest BCUT2D eigenvalue weighted by Crippen LogP contribution is -2.06. The van der Waals surface area contributed by atoms with Crippen molar-refractivity contribution in [1.82, 2.24) is 9.38 Å². The fraction of sp³-hybridized carbons (Fsp3) is 0.235. The summed E-state index contributed by atoms with van der Waals surface area (Å²) < 4.78 is 7.41. The molecule has 2 aromatic heterocycles. The summed E-state index contributed by atoms with van der Waals surface area (Å²) in [5.74, 6) is 0. The average molecular weight is 281 g/mol. The molecule has 108 valence electrons. The van der Waals surface area contributed by atoms with Crippen LogP contribution in [-0.2, 0) is 17.9 Å². The molecule has 1 aromatic carbocycles. The zero-order valence-corrected chi connectivity index (χ0v) is 12.3. The first-order valence-electron chi connectivity index (χ1n) is 7.02. The molecule has 4 nitrogen and oxygen atoms in total. The van der Waals surface area contributed by atoms with E-state index in [9.17, 15) is 0 Å². The molecule has 0 aliphatic heterocycles. The highest BCUT2D eigenvalue weighted by Gasteiger charge is 2.06. The molecule has 3 aromatic rings. The number of para-hydroxylation sites is 1. The number of anilines is 1. The van der Waals surface area contributed by atoms with Gasteiger partial charge in [0.2, 0.25) is 0 Å². The Balaban J connectivity index is 1.84. The van der Waals surface area contributed by atoms with E-state index in [1.807, 2.05) is 30.5 Å². The molecule has 0 aliphatic rings. The Hall–Kier alpha value is -2.33. The van der Waals surface area contributed by atoms with Crippen LogP contribution in [0.25, 0.3) is 5.65 Å². The van der Waals surface area contributed by atoms with Crippen LogP contribution in [-0.4, -0.2) is 16.5 Å². The van der Waals surface area contributed by atoms with Crippen LogP contribution < -0.4 is 5.32 Å². The largest absolute Gasteiger partial charge is 0.380 e. The number of ether oxygens (including phenoxy) is 1. The lowest BCUT2D eigenvalue weighted by Gasteiger charge is -2.12. The maximum atomic E-state index is 5.24. The van der Waals surface area contributed by atoms with Crippen molar-refractivity contribution in [2.24, 2.45) is 0 Å². The molecule has 0 atom stereocenters. The minimum Gasteiger partial charge on any atom is -0.380 e. The number of nitrogens with one attached hydrogen (secondary N) is 1. The number of rotatable bonds is 5. The second kappa shape index (κ2) is 5.97. The minimum absolute atomic E-state index is 0.607. The van der Waals surface area contributed by atoms with Crippen LogP contribution in [0.3, 0.4) is 0 Å². The van der Waals surface area contributed by atoms with E-state index in [1.165, 1.54) is 5.69 Å². The quantitative estimate of drug-likeness (QED) is 0.779. The summed E-state index contributed by atoms with van der Waals surface area (Å²) in [6.45, 7) is 3.43. The van der Waals surface area contributed by atoms with Crippen molar-refractivity contribution in [3.63, 3.8) is 0 Å². The molecule has 0 spiro atoms. The molecule has 0 bridgehead atoms. The molecule has 0 radical (unpaired) electrons. The van der Waals surface area contributed by atoms with Crippen LogP contribution in [0, 0.1) is 6.92 Å². The number of nitrogens with zero attached hydrogens (tertiary/aromatic N) is 2. The van der Waals surface area contributed by atoms with Crippen LogP contribution in [0.5, 0.6) is 0 Å². The Kier molecular flexibility index (Phi) is 3.88. The van der Waals surface area contributed by atoms with Crippen molar-refractivity contribution in [2.45, 2.75) is 20.1 Å². The van der Waals surface area contributed by atoms with Gasteiger partial charge in [0.25, 0.3) is 0 Å².